The van der Waals surface area contributed by atoms with E-state index in [-0.39, 0.29) is 40.1 Å². The minimum absolute atomic E-state index is 0.0301. The summed E-state index contributed by atoms with van der Waals surface area (Å²) in [7, 11) is 0. The van der Waals surface area contributed by atoms with Crippen LogP contribution in [0.15, 0.2) is 30.3 Å². The van der Waals surface area contributed by atoms with Gasteiger partial charge < -0.3 is 10.2 Å². The van der Waals surface area contributed by atoms with Gasteiger partial charge in [-0.05, 0) is 55.2 Å². The molecule has 1 unspecified atom stereocenters. The second kappa shape index (κ2) is 7.85. The van der Waals surface area contributed by atoms with Gasteiger partial charge >= 0.3 is 5.97 Å². The molecule has 8 heteroatoms. The number of aromatic nitrogens is 1. The van der Waals surface area contributed by atoms with Crippen molar-refractivity contribution < 1.29 is 33.0 Å². The third-order valence-electron chi connectivity index (χ3n) is 5.06. The molecule has 0 aliphatic heterocycles. The number of carboxylic acids is 1. The maximum absolute atomic E-state index is 14.9. The topological polar surface area (TPSA) is 79.5 Å². The van der Waals surface area contributed by atoms with Gasteiger partial charge in [0.15, 0.2) is 23.2 Å². The fourth-order valence-electron chi connectivity index (χ4n) is 3.74. The number of aromatic hydroxyl groups is 1. The van der Waals surface area contributed by atoms with E-state index in [0.717, 1.165) is 28.8 Å². The predicted octanol–water partition coefficient (Wildman–Crippen LogP) is 4.98. The number of carbonyl (C=O) groups is 2. The highest BCUT2D eigenvalue weighted by molar-refractivity contribution is 6.05. The van der Waals surface area contributed by atoms with Crippen molar-refractivity contribution in [2.75, 3.05) is 0 Å². The molecule has 1 atom stereocenters. The molecular formula is C22H20F3NO4. The highest BCUT2D eigenvalue weighted by Gasteiger charge is 2.32. The summed E-state index contributed by atoms with van der Waals surface area (Å²) in [6, 6.07) is 4.95. The van der Waals surface area contributed by atoms with E-state index in [4.69, 9.17) is 0 Å². The second-order valence-corrected chi connectivity index (χ2v) is 7.58. The number of fused-ring (bicyclic) bond motifs is 1. The first kappa shape index (κ1) is 21.4. The summed E-state index contributed by atoms with van der Waals surface area (Å²) in [5.74, 6) is -7.24. The Morgan fingerprint density at radius 3 is 2.30 bits per heavy atom. The summed E-state index contributed by atoms with van der Waals surface area (Å²) in [5, 5.41) is 19.5. The quantitative estimate of drug-likeness (QED) is 0.612. The molecule has 0 bridgehead atoms. The lowest BCUT2D eigenvalue weighted by molar-refractivity contribution is -0.139. The first-order valence-corrected chi connectivity index (χ1v) is 9.29. The van der Waals surface area contributed by atoms with E-state index in [1.165, 1.54) is 13.0 Å². The average Bonchev–Trinajstić information content (AvgIpc) is 2.96. The van der Waals surface area contributed by atoms with Crippen LogP contribution in [0.2, 0.25) is 0 Å². The van der Waals surface area contributed by atoms with Crippen molar-refractivity contribution in [2.45, 2.75) is 33.1 Å². The fourth-order valence-corrected chi connectivity index (χ4v) is 3.74. The van der Waals surface area contributed by atoms with E-state index >= 15 is 0 Å². The predicted molar refractivity (Wildman–Crippen MR) is 104 cm³/mol. The van der Waals surface area contributed by atoms with Crippen molar-refractivity contribution in [3.05, 3.63) is 64.6 Å². The molecular weight excluding hydrogens is 399 g/mol. The lowest BCUT2D eigenvalue weighted by Crippen LogP contribution is -2.17. The number of aliphatic carboxylic acids is 1. The van der Waals surface area contributed by atoms with E-state index in [0.29, 0.717) is 0 Å². The third kappa shape index (κ3) is 3.53. The molecule has 3 aromatic rings. The maximum atomic E-state index is 14.9. The molecule has 2 N–H and O–H groups in total. The number of phenolic OH excluding ortho intramolecular Hbond substituents is 1. The first-order valence-electron chi connectivity index (χ1n) is 9.29. The Hall–Kier alpha value is -3.29. The number of carboxylic acid groups (broad SMARTS) is 1. The number of halogens is 3. The number of nitrogens with zero attached hydrogens (tertiary/aromatic N) is 1. The molecule has 0 radical (unpaired) electrons. The van der Waals surface area contributed by atoms with Gasteiger partial charge in [0.25, 0.3) is 5.91 Å². The number of benzene rings is 2. The molecule has 5 nitrogen and oxygen atoms in total. The number of phenols is 1. The maximum Gasteiger partial charge on any atom is 0.311 e. The van der Waals surface area contributed by atoms with Crippen molar-refractivity contribution >= 4 is 22.8 Å². The van der Waals surface area contributed by atoms with Crippen LogP contribution in [0.1, 0.15) is 47.8 Å². The molecule has 0 amide bonds. The van der Waals surface area contributed by atoms with Gasteiger partial charge in [-0.15, -0.1) is 0 Å². The molecule has 2 aromatic carbocycles. The first-order chi connectivity index (χ1) is 14.0. The smallest absolute Gasteiger partial charge is 0.311 e. The molecule has 158 valence electrons. The highest BCUT2D eigenvalue weighted by atomic mass is 19.2. The zero-order valence-electron chi connectivity index (χ0n) is 16.5. The van der Waals surface area contributed by atoms with Crippen LogP contribution in [0.25, 0.3) is 10.9 Å². The van der Waals surface area contributed by atoms with Crippen molar-refractivity contribution in [2.24, 2.45) is 5.92 Å². The van der Waals surface area contributed by atoms with Crippen molar-refractivity contribution in [3.8, 4) is 5.75 Å². The normalized spacial score (nSPS) is 12.5. The summed E-state index contributed by atoms with van der Waals surface area (Å²) in [4.78, 5) is 25.1. The lowest BCUT2D eigenvalue weighted by atomic mass is 9.88. The van der Waals surface area contributed by atoms with Gasteiger partial charge in [0, 0.05) is 16.6 Å². The second-order valence-electron chi connectivity index (χ2n) is 7.58. The van der Waals surface area contributed by atoms with Crippen molar-refractivity contribution in [1.82, 2.24) is 4.57 Å². The van der Waals surface area contributed by atoms with Crippen molar-refractivity contribution in [3.63, 3.8) is 0 Å². The molecule has 0 fully saturated rings. The summed E-state index contributed by atoms with van der Waals surface area (Å²) in [5.41, 5.74) is 0.0556. The van der Waals surface area contributed by atoms with Crippen LogP contribution < -0.4 is 0 Å². The Kier molecular flexibility index (Phi) is 5.61. The van der Waals surface area contributed by atoms with Crippen LogP contribution in [0.3, 0.4) is 0 Å². The van der Waals surface area contributed by atoms with Crippen LogP contribution in [0.5, 0.6) is 5.75 Å². The van der Waals surface area contributed by atoms with Gasteiger partial charge in [-0.3, -0.25) is 14.2 Å². The zero-order chi connectivity index (χ0) is 22.3. The Morgan fingerprint density at radius 2 is 1.73 bits per heavy atom. The van der Waals surface area contributed by atoms with E-state index < -0.39 is 41.0 Å². The molecule has 0 aliphatic rings. The molecule has 0 saturated carbocycles. The Labute approximate surface area is 170 Å². The van der Waals surface area contributed by atoms with Gasteiger partial charge in [0.05, 0.1) is 11.4 Å². The summed E-state index contributed by atoms with van der Waals surface area (Å²) >= 11 is 0. The third-order valence-corrected chi connectivity index (χ3v) is 5.06. The SMILES string of the molecule is Cc1c(C(CC(C)C)C(=O)O)c2c(F)c(O)ccc2n1C(=O)c1ccc(F)c(F)c1. The minimum atomic E-state index is -1.22. The Balaban J connectivity index is 2.34. The van der Waals surface area contributed by atoms with Gasteiger partial charge in [-0.1, -0.05) is 13.8 Å². The Morgan fingerprint density at radius 1 is 1.07 bits per heavy atom. The zero-order valence-corrected chi connectivity index (χ0v) is 16.5. The number of rotatable bonds is 5. The van der Waals surface area contributed by atoms with Gasteiger partial charge in [-0.25, -0.2) is 13.2 Å². The van der Waals surface area contributed by atoms with Gasteiger partial charge in [-0.2, -0.15) is 0 Å². The monoisotopic (exact) mass is 419 g/mol. The molecule has 3 rings (SSSR count). The van der Waals surface area contributed by atoms with Gasteiger partial charge in [0.2, 0.25) is 0 Å². The van der Waals surface area contributed by atoms with Crippen LogP contribution in [0, 0.1) is 30.3 Å². The van der Waals surface area contributed by atoms with Crippen LogP contribution in [-0.2, 0) is 4.79 Å². The molecule has 0 aliphatic carbocycles. The number of carbonyl (C=O) groups excluding carboxylic acids is 1. The minimum Gasteiger partial charge on any atom is -0.505 e. The van der Waals surface area contributed by atoms with Crippen molar-refractivity contribution in [1.29, 1.82) is 0 Å². The summed E-state index contributed by atoms with van der Waals surface area (Å²) < 4.78 is 42.9. The summed E-state index contributed by atoms with van der Waals surface area (Å²) in [6.45, 7) is 5.08. The summed E-state index contributed by atoms with van der Waals surface area (Å²) in [6.07, 6.45) is 0.170. The standard InChI is InChI=1S/C22H20F3NO4/c1-10(2)8-13(22(29)30)18-11(3)26(16-6-7-17(27)20(25)19(16)18)21(28)12-4-5-14(23)15(24)9-12/h4-7,9-10,13,27H,8H2,1-3H3,(H,29,30). The van der Waals surface area contributed by atoms with E-state index in [1.54, 1.807) is 0 Å². The van der Waals surface area contributed by atoms with Gasteiger partial charge in [0.1, 0.15) is 0 Å². The number of hydrogen-bond acceptors (Lipinski definition) is 3. The number of hydrogen-bond donors (Lipinski definition) is 2. The van der Waals surface area contributed by atoms with Crippen LogP contribution in [-0.4, -0.2) is 26.7 Å². The Bertz CT molecular complexity index is 1170. The van der Waals surface area contributed by atoms with E-state index in [1.807, 2.05) is 13.8 Å². The molecule has 0 saturated heterocycles. The lowest BCUT2D eigenvalue weighted by Gasteiger charge is -2.16. The van der Waals surface area contributed by atoms with Crippen LogP contribution in [0.4, 0.5) is 13.2 Å². The fraction of sp³-hybridized carbons (Fsp3) is 0.273. The molecule has 1 aromatic heterocycles. The van der Waals surface area contributed by atoms with E-state index in [9.17, 15) is 33.0 Å². The average molecular weight is 419 g/mol. The highest BCUT2D eigenvalue weighted by Crippen LogP contribution is 2.39. The molecule has 30 heavy (non-hydrogen) atoms. The largest absolute Gasteiger partial charge is 0.505 e. The molecule has 1 heterocycles. The van der Waals surface area contributed by atoms with E-state index in [2.05, 4.69) is 0 Å². The van der Waals surface area contributed by atoms with Crippen LogP contribution >= 0.6 is 0 Å². The molecule has 0 spiro atoms.